The summed E-state index contributed by atoms with van der Waals surface area (Å²) in [7, 11) is -3.87. The van der Waals surface area contributed by atoms with E-state index in [2.05, 4.69) is 10.3 Å². The lowest BCUT2D eigenvalue weighted by molar-refractivity contribution is 0.0949. The van der Waals surface area contributed by atoms with Gasteiger partial charge in [-0.15, -0.1) is 16.2 Å². The minimum Gasteiger partial charge on any atom is -0.273 e. The van der Waals surface area contributed by atoms with Crippen LogP contribution in [0, 0.1) is 13.8 Å². The van der Waals surface area contributed by atoms with E-state index in [1.165, 1.54) is 17.4 Å². The number of benzene rings is 2. The second-order valence-electron chi connectivity index (χ2n) is 5.57. The second kappa shape index (κ2) is 6.76. The van der Waals surface area contributed by atoms with Gasteiger partial charge < -0.3 is 0 Å². The molecule has 25 heavy (non-hydrogen) atoms. The first-order valence-electron chi connectivity index (χ1n) is 7.36. The summed E-state index contributed by atoms with van der Waals surface area (Å²) < 4.78 is 25.7. The Morgan fingerprint density at radius 1 is 1.12 bits per heavy atom. The predicted molar refractivity (Wildman–Crippen MR) is 101 cm³/mol. The third-order valence-corrected chi connectivity index (χ3v) is 6.74. The Bertz CT molecular complexity index is 1070. The molecule has 0 spiro atoms. The fraction of sp³-hybridized carbons (Fsp3) is 0.118. The molecule has 0 aliphatic carbocycles. The predicted octanol–water partition coefficient (Wildman–Crippen LogP) is 3.79. The Kier molecular flexibility index (Phi) is 4.83. The molecule has 0 aliphatic rings. The van der Waals surface area contributed by atoms with Crippen molar-refractivity contribution in [3.8, 4) is 0 Å². The van der Waals surface area contributed by atoms with Crippen LogP contribution in [0.4, 0.5) is 0 Å². The summed E-state index contributed by atoms with van der Waals surface area (Å²) >= 11 is 7.44. The first-order chi connectivity index (χ1) is 11.8. The van der Waals surface area contributed by atoms with Gasteiger partial charge in [0.05, 0.1) is 9.92 Å². The van der Waals surface area contributed by atoms with Crippen molar-refractivity contribution in [2.24, 2.45) is 0 Å². The van der Waals surface area contributed by atoms with E-state index >= 15 is 0 Å². The van der Waals surface area contributed by atoms with Crippen LogP contribution in [-0.2, 0) is 10.0 Å². The van der Waals surface area contributed by atoms with Crippen LogP contribution in [0.15, 0.2) is 47.4 Å². The molecule has 8 heteroatoms. The number of nitrogens with one attached hydrogen (secondary N) is 2. The molecule has 0 aliphatic heterocycles. The molecule has 0 saturated heterocycles. The number of sulfonamides is 1. The number of fused-ring (bicyclic) bond motifs is 1. The van der Waals surface area contributed by atoms with Crippen LogP contribution in [-0.4, -0.2) is 14.3 Å². The van der Waals surface area contributed by atoms with Crippen LogP contribution in [0.25, 0.3) is 10.1 Å². The van der Waals surface area contributed by atoms with Crippen LogP contribution in [0.1, 0.15) is 20.8 Å². The third-order valence-electron chi connectivity index (χ3n) is 3.66. The molecule has 3 aromatic rings. The van der Waals surface area contributed by atoms with Gasteiger partial charge in [0.25, 0.3) is 15.9 Å². The van der Waals surface area contributed by atoms with Gasteiger partial charge in [-0.2, -0.15) is 0 Å². The Morgan fingerprint density at radius 2 is 1.84 bits per heavy atom. The third kappa shape index (κ3) is 3.55. The maximum Gasteiger partial charge on any atom is 0.277 e. The zero-order valence-electron chi connectivity index (χ0n) is 13.5. The standard InChI is InChI=1S/C17H15ClN2O3S2/c1-10-7-8-14(11(2)9-10)25(22,23)20-19-17(21)16-15(18)12-5-3-4-6-13(12)24-16/h3-9,20H,1-2H3,(H,19,21). The van der Waals surface area contributed by atoms with Gasteiger partial charge in [-0.05, 0) is 31.5 Å². The van der Waals surface area contributed by atoms with E-state index in [1.54, 1.807) is 19.1 Å². The highest BCUT2D eigenvalue weighted by Gasteiger charge is 2.21. The first-order valence-corrected chi connectivity index (χ1v) is 10.0. The molecule has 1 amide bonds. The monoisotopic (exact) mass is 394 g/mol. The maximum absolute atomic E-state index is 12.4. The Balaban J connectivity index is 1.82. The van der Waals surface area contributed by atoms with Crippen molar-refractivity contribution in [1.82, 2.24) is 10.3 Å². The summed E-state index contributed by atoms with van der Waals surface area (Å²) in [5, 5.41) is 1.07. The molecule has 2 N–H and O–H groups in total. The van der Waals surface area contributed by atoms with E-state index in [4.69, 9.17) is 11.6 Å². The first kappa shape index (κ1) is 17.9. The van der Waals surface area contributed by atoms with E-state index < -0.39 is 15.9 Å². The van der Waals surface area contributed by atoms with Gasteiger partial charge in [-0.1, -0.05) is 47.5 Å². The summed E-state index contributed by atoms with van der Waals surface area (Å²) in [4.78, 5) is 14.8. The zero-order valence-corrected chi connectivity index (χ0v) is 15.8. The van der Waals surface area contributed by atoms with E-state index in [0.29, 0.717) is 10.6 Å². The Hall–Kier alpha value is -1.93. The molecule has 0 atom stereocenters. The van der Waals surface area contributed by atoms with Crippen LogP contribution in [0.2, 0.25) is 5.02 Å². The molecule has 0 saturated carbocycles. The number of rotatable bonds is 4. The molecule has 3 rings (SSSR count). The lowest BCUT2D eigenvalue weighted by Crippen LogP contribution is -2.41. The van der Waals surface area contributed by atoms with Crippen LogP contribution in [0.3, 0.4) is 0 Å². The summed E-state index contributed by atoms with van der Waals surface area (Å²) in [6, 6.07) is 12.3. The van der Waals surface area contributed by atoms with Crippen molar-refractivity contribution in [3.05, 3.63) is 63.5 Å². The van der Waals surface area contributed by atoms with Crippen LogP contribution in [0.5, 0.6) is 0 Å². The summed E-state index contributed by atoms with van der Waals surface area (Å²) in [5.74, 6) is -0.598. The second-order valence-corrected chi connectivity index (χ2v) is 8.65. The van der Waals surface area contributed by atoms with E-state index in [-0.39, 0.29) is 9.77 Å². The van der Waals surface area contributed by atoms with E-state index in [1.807, 2.05) is 31.2 Å². The molecule has 0 bridgehead atoms. The fourth-order valence-electron chi connectivity index (χ4n) is 2.49. The minimum absolute atomic E-state index is 0.112. The lowest BCUT2D eigenvalue weighted by Gasteiger charge is -2.10. The minimum atomic E-state index is -3.87. The Labute approximate surface area is 154 Å². The zero-order chi connectivity index (χ0) is 18.2. The van der Waals surface area contributed by atoms with E-state index in [0.717, 1.165) is 15.6 Å². The molecule has 1 heterocycles. The van der Waals surface area contributed by atoms with Crippen LogP contribution >= 0.6 is 22.9 Å². The van der Waals surface area contributed by atoms with Crippen molar-refractivity contribution < 1.29 is 13.2 Å². The number of hydrogen-bond acceptors (Lipinski definition) is 4. The van der Waals surface area contributed by atoms with Gasteiger partial charge in [0, 0.05) is 10.1 Å². The van der Waals surface area contributed by atoms with Crippen molar-refractivity contribution in [2.45, 2.75) is 18.7 Å². The molecule has 5 nitrogen and oxygen atoms in total. The number of halogens is 1. The van der Waals surface area contributed by atoms with E-state index in [9.17, 15) is 13.2 Å². The molecule has 0 unspecified atom stereocenters. The van der Waals surface area contributed by atoms with Gasteiger partial charge in [-0.25, -0.2) is 8.42 Å². The topological polar surface area (TPSA) is 75.3 Å². The molecule has 130 valence electrons. The SMILES string of the molecule is Cc1ccc(S(=O)(=O)NNC(=O)c2sc3ccccc3c2Cl)c(C)c1. The number of aryl methyl sites for hydroxylation is 2. The highest BCUT2D eigenvalue weighted by atomic mass is 35.5. The molecule has 1 aromatic heterocycles. The molecular weight excluding hydrogens is 380 g/mol. The highest BCUT2D eigenvalue weighted by Crippen LogP contribution is 2.34. The van der Waals surface area contributed by atoms with Gasteiger partial charge in [0.2, 0.25) is 0 Å². The van der Waals surface area contributed by atoms with Crippen molar-refractivity contribution in [1.29, 1.82) is 0 Å². The summed E-state index contributed by atoms with van der Waals surface area (Å²) in [6.07, 6.45) is 0. The average molecular weight is 395 g/mol. The van der Waals surface area contributed by atoms with Crippen molar-refractivity contribution >= 4 is 49.0 Å². The maximum atomic E-state index is 12.4. The largest absolute Gasteiger partial charge is 0.277 e. The number of hydrazine groups is 1. The number of thiophene rings is 1. The molecule has 0 radical (unpaired) electrons. The number of hydrogen-bond donors (Lipinski definition) is 2. The van der Waals surface area contributed by atoms with Crippen molar-refractivity contribution in [2.75, 3.05) is 0 Å². The number of amides is 1. The molecule has 2 aromatic carbocycles. The van der Waals surface area contributed by atoms with Gasteiger partial charge in [0.15, 0.2) is 0 Å². The van der Waals surface area contributed by atoms with Crippen molar-refractivity contribution in [3.63, 3.8) is 0 Å². The Morgan fingerprint density at radius 3 is 2.52 bits per heavy atom. The highest BCUT2D eigenvalue weighted by molar-refractivity contribution is 7.89. The molecule has 0 fully saturated rings. The number of carbonyl (C=O) groups excluding carboxylic acids is 1. The van der Waals surface area contributed by atoms with Gasteiger partial charge in [-0.3, -0.25) is 10.2 Å². The number of carbonyl (C=O) groups is 1. The fourth-order valence-corrected chi connectivity index (χ4v) is 4.97. The molecular formula is C17H15ClN2O3S2. The van der Waals surface area contributed by atoms with Gasteiger partial charge in [0.1, 0.15) is 4.88 Å². The normalized spacial score (nSPS) is 11.6. The lowest BCUT2D eigenvalue weighted by atomic mass is 10.2. The quantitative estimate of drug-likeness (QED) is 0.661. The summed E-state index contributed by atoms with van der Waals surface area (Å²) in [5.41, 5.74) is 3.79. The van der Waals surface area contributed by atoms with Crippen LogP contribution < -0.4 is 10.3 Å². The summed E-state index contributed by atoms with van der Waals surface area (Å²) in [6.45, 7) is 3.58. The smallest absolute Gasteiger partial charge is 0.273 e. The van der Waals surface area contributed by atoms with Gasteiger partial charge >= 0.3 is 0 Å². The average Bonchev–Trinajstić information content (AvgIpc) is 2.90.